The number of nitrogens with one attached hydrogen (secondary N) is 3. The number of rotatable bonds is 4. The third kappa shape index (κ3) is 3.24. The molecule has 2 aromatic rings. The van der Waals surface area contributed by atoms with Gasteiger partial charge in [-0.25, -0.2) is 10.9 Å². The molecule has 1 fully saturated rings. The summed E-state index contributed by atoms with van der Waals surface area (Å²) >= 11 is 0. The van der Waals surface area contributed by atoms with Gasteiger partial charge in [-0.15, -0.1) is 0 Å². The van der Waals surface area contributed by atoms with Crippen molar-refractivity contribution in [2.24, 2.45) is 5.92 Å². The number of amides is 1. The van der Waals surface area contributed by atoms with Crippen LogP contribution in [0.15, 0.2) is 53.4 Å². The summed E-state index contributed by atoms with van der Waals surface area (Å²) in [6.07, 6.45) is 8.06. The quantitative estimate of drug-likeness (QED) is 0.748. The van der Waals surface area contributed by atoms with Crippen LogP contribution in [0.1, 0.15) is 24.3 Å². The number of carbonyl (C=O) groups is 1. The average molecular weight is 298 g/mol. The number of furan rings is 1. The molecule has 0 aliphatic carbocycles. The van der Waals surface area contributed by atoms with Crippen molar-refractivity contribution >= 4 is 12.0 Å². The summed E-state index contributed by atoms with van der Waals surface area (Å²) in [5, 5.41) is 2.93. The maximum absolute atomic E-state index is 12.0. The summed E-state index contributed by atoms with van der Waals surface area (Å²) in [5.74, 6) is 0.677. The van der Waals surface area contributed by atoms with E-state index in [-0.39, 0.29) is 24.0 Å². The lowest BCUT2D eigenvalue weighted by atomic mass is 9.95. The lowest BCUT2D eigenvalue weighted by Crippen LogP contribution is -2.45. The molecule has 22 heavy (non-hydrogen) atoms. The van der Waals surface area contributed by atoms with Crippen molar-refractivity contribution in [3.63, 3.8) is 0 Å². The van der Waals surface area contributed by atoms with Gasteiger partial charge in [0.1, 0.15) is 5.76 Å². The predicted octanol–water partition coefficient (Wildman–Crippen LogP) is 1.62. The van der Waals surface area contributed by atoms with Crippen LogP contribution in [0.4, 0.5) is 0 Å². The van der Waals surface area contributed by atoms with Crippen LogP contribution in [-0.2, 0) is 4.79 Å². The Balaban J connectivity index is 1.59. The largest absolute Gasteiger partial charge is 0.465 e. The first-order chi connectivity index (χ1) is 10.7. The molecule has 3 unspecified atom stereocenters. The lowest BCUT2D eigenvalue weighted by Gasteiger charge is -2.19. The Morgan fingerprint density at radius 3 is 2.86 bits per heavy atom. The molecule has 6 nitrogen and oxygen atoms in total. The van der Waals surface area contributed by atoms with E-state index in [4.69, 9.17) is 4.42 Å². The average Bonchev–Trinajstić information content (AvgIpc) is 3.17. The van der Waals surface area contributed by atoms with E-state index in [2.05, 4.69) is 28.1 Å². The van der Waals surface area contributed by atoms with Gasteiger partial charge in [-0.05, 0) is 35.9 Å². The van der Waals surface area contributed by atoms with E-state index >= 15 is 0 Å². The van der Waals surface area contributed by atoms with E-state index in [1.807, 2.05) is 12.1 Å². The van der Waals surface area contributed by atoms with Crippen LogP contribution in [0, 0.1) is 5.92 Å². The SMILES string of the molecule is CC1C(NC(=O)/C=C/c2ccco2)NNC1c1ccncc1. The third-order valence-corrected chi connectivity index (χ3v) is 3.75. The molecule has 1 aliphatic rings. The molecule has 1 saturated heterocycles. The number of aromatic nitrogens is 1. The summed E-state index contributed by atoms with van der Waals surface area (Å²) in [4.78, 5) is 16.0. The van der Waals surface area contributed by atoms with Crippen molar-refractivity contribution in [3.05, 3.63) is 60.3 Å². The Morgan fingerprint density at radius 1 is 1.32 bits per heavy atom. The lowest BCUT2D eigenvalue weighted by molar-refractivity contribution is -0.117. The van der Waals surface area contributed by atoms with Crippen molar-refractivity contribution in [2.45, 2.75) is 19.1 Å². The van der Waals surface area contributed by atoms with E-state index in [1.54, 1.807) is 36.9 Å². The van der Waals surface area contributed by atoms with E-state index in [1.165, 1.54) is 6.08 Å². The number of nitrogens with zero attached hydrogens (tertiary/aromatic N) is 1. The molecule has 0 bridgehead atoms. The van der Waals surface area contributed by atoms with Gasteiger partial charge in [-0.1, -0.05) is 6.92 Å². The normalized spacial score (nSPS) is 24.7. The van der Waals surface area contributed by atoms with Gasteiger partial charge in [0.2, 0.25) is 5.91 Å². The zero-order valence-electron chi connectivity index (χ0n) is 12.2. The monoisotopic (exact) mass is 298 g/mol. The molecule has 3 atom stereocenters. The molecular weight excluding hydrogens is 280 g/mol. The van der Waals surface area contributed by atoms with E-state index in [9.17, 15) is 4.79 Å². The van der Waals surface area contributed by atoms with Gasteiger partial charge in [0, 0.05) is 24.4 Å². The van der Waals surface area contributed by atoms with Gasteiger partial charge in [-0.2, -0.15) is 0 Å². The summed E-state index contributed by atoms with van der Waals surface area (Å²) in [5.41, 5.74) is 7.47. The number of hydrogen-bond acceptors (Lipinski definition) is 5. The Hall–Kier alpha value is -2.44. The summed E-state index contributed by atoms with van der Waals surface area (Å²) in [6, 6.07) is 7.64. The van der Waals surface area contributed by atoms with Crippen molar-refractivity contribution in [1.82, 2.24) is 21.2 Å². The maximum atomic E-state index is 12.0. The topological polar surface area (TPSA) is 79.2 Å². The number of hydrogen-bond donors (Lipinski definition) is 3. The molecule has 0 radical (unpaired) electrons. The van der Waals surface area contributed by atoms with Crippen molar-refractivity contribution in [2.75, 3.05) is 0 Å². The summed E-state index contributed by atoms with van der Waals surface area (Å²) in [6.45, 7) is 2.08. The van der Waals surface area contributed by atoms with Crippen molar-refractivity contribution < 1.29 is 9.21 Å². The molecule has 1 amide bonds. The predicted molar refractivity (Wildman–Crippen MR) is 82.1 cm³/mol. The van der Waals surface area contributed by atoms with Gasteiger partial charge < -0.3 is 9.73 Å². The van der Waals surface area contributed by atoms with Crippen molar-refractivity contribution in [1.29, 1.82) is 0 Å². The Labute approximate surface area is 128 Å². The molecule has 0 spiro atoms. The smallest absolute Gasteiger partial charge is 0.245 e. The van der Waals surface area contributed by atoms with Crippen LogP contribution in [-0.4, -0.2) is 17.1 Å². The molecule has 2 aromatic heterocycles. The zero-order valence-corrected chi connectivity index (χ0v) is 12.2. The Kier molecular flexibility index (Phi) is 4.32. The first-order valence-electron chi connectivity index (χ1n) is 7.17. The third-order valence-electron chi connectivity index (χ3n) is 3.75. The fourth-order valence-corrected chi connectivity index (χ4v) is 2.51. The molecular formula is C16H18N4O2. The molecule has 114 valence electrons. The minimum absolute atomic E-state index is 0.127. The Bertz CT molecular complexity index is 639. The summed E-state index contributed by atoms with van der Waals surface area (Å²) < 4.78 is 5.15. The van der Waals surface area contributed by atoms with Crippen LogP contribution in [0.25, 0.3) is 6.08 Å². The maximum Gasteiger partial charge on any atom is 0.245 e. The highest BCUT2D eigenvalue weighted by Gasteiger charge is 2.33. The van der Waals surface area contributed by atoms with E-state index in [0.29, 0.717) is 5.76 Å². The van der Waals surface area contributed by atoms with Crippen LogP contribution in [0.3, 0.4) is 0 Å². The minimum atomic E-state index is -0.169. The molecule has 3 N–H and O–H groups in total. The van der Waals surface area contributed by atoms with Crippen LogP contribution in [0.5, 0.6) is 0 Å². The molecule has 1 aliphatic heterocycles. The highest BCUT2D eigenvalue weighted by atomic mass is 16.3. The standard InChI is InChI=1S/C16H18N4O2/c1-11-15(12-6-8-17-9-7-12)19-20-16(11)18-14(21)5-4-13-3-2-10-22-13/h2-11,15-16,19-20H,1H3,(H,18,21)/b5-4+. The van der Waals surface area contributed by atoms with Gasteiger partial charge in [0.25, 0.3) is 0 Å². The van der Waals surface area contributed by atoms with Gasteiger partial charge in [-0.3, -0.25) is 9.78 Å². The summed E-state index contributed by atoms with van der Waals surface area (Å²) in [7, 11) is 0. The number of carbonyl (C=O) groups excluding carboxylic acids is 1. The molecule has 0 saturated carbocycles. The molecule has 3 rings (SSSR count). The highest BCUT2D eigenvalue weighted by molar-refractivity contribution is 5.91. The van der Waals surface area contributed by atoms with E-state index < -0.39 is 0 Å². The second-order valence-corrected chi connectivity index (χ2v) is 5.24. The van der Waals surface area contributed by atoms with Gasteiger partial charge in [0.15, 0.2) is 0 Å². The van der Waals surface area contributed by atoms with Gasteiger partial charge >= 0.3 is 0 Å². The second-order valence-electron chi connectivity index (χ2n) is 5.24. The van der Waals surface area contributed by atoms with Crippen LogP contribution < -0.4 is 16.2 Å². The zero-order chi connectivity index (χ0) is 15.4. The van der Waals surface area contributed by atoms with E-state index in [0.717, 1.165) is 5.56 Å². The first-order valence-corrected chi connectivity index (χ1v) is 7.17. The molecule has 3 heterocycles. The van der Waals surface area contributed by atoms with Gasteiger partial charge in [0.05, 0.1) is 18.5 Å². The molecule has 0 aromatic carbocycles. The minimum Gasteiger partial charge on any atom is -0.465 e. The second kappa shape index (κ2) is 6.55. The van der Waals surface area contributed by atoms with Crippen molar-refractivity contribution in [3.8, 4) is 0 Å². The Morgan fingerprint density at radius 2 is 2.14 bits per heavy atom. The highest BCUT2D eigenvalue weighted by Crippen LogP contribution is 2.26. The van der Waals surface area contributed by atoms with Crippen LogP contribution in [0.2, 0.25) is 0 Å². The number of hydrazine groups is 1. The number of pyridine rings is 1. The molecule has 6 heteroatoms. The fraction of sp³-hybridized carbons (Fsp3) is 0.250. The van der Waals surface area contributed by atoms with Crippen LogP contribution >= 0.6 is 0 Å². The first kappa shape index (κ1) is 14.5. The fourth-order valence-electron chi connectivity index (χ4n) is 2.51.